The molecule has 0 bridgehead atoms. The monoisotopic (exact) mass is 383 g/mol. The molecule has 2 aromatic rings. The lowest BCUT2D eigenvalue weighted by Crippen LogP contribution is -2.05. The maximum atomic E-state index is 5.98. The maximum Gasteiger partial charge on any atom is 0.124 e. The minimum Gasteiger partial charge on any atom is -0.494 e. The van der Waals surface area contributed by atoms with Gasteiger partial charge in [-0.1, -0.05) is 76.6 Å². The number of hydrogen-bond acceptors (Lipinski definition) is 3. The molecule has 3 nitrogen and oxygen atoms in total. The van der Waals surface area contributed by atoms with Crippen molar-refractivity contribution in [2.45, 2.75) is 71.8 Å². The Labute approximate surface area is 171 Å². The van der Waals surface area contributed by atoms with E-state index in [0.717, 1.165) is 49.8 Å². The Balaban J connectivity index is 1.79. The van der Waals surface area contributed by atoms with Crippen LogP contribution in [0.15, 0.2) is 48.5 Å². The Bertz CT molecular complexity index is 657. The average Bonchev–Trinajstić information content (AvgIpc) is 2.73. The molecule has 0 radical (unpaired) electrons. The second-order valence-electron chi connectivity index (χ2n) is 7.31. The molecule has 0 aliphatic rings. The first-order chi connectivity index (χ1) is 13.8. The number of rotatable bonds is 15. The van der Waals surface area contributed by atoms with Crippen LogP contribution in [0.4, 0.5) is 5.69 Å². The predicted molar refractivity (Wildman–Crippen MR) is 119 cm³/mol. The van der Waals surface area contributed by atoms with Crippen molar-refractivity contribution in [1.82, 2.24) is 0 Å². The van der Waals surface area contributed by atoms with Gasteiger partial charge < -0.3 is 14.8 Å². The van der Waals surface area contributed by atoms with Crippen LogP contribution in [0.2, 0.25) is 0 Å². The van der Waals surface area contributed by atoms with Crippen molar-refractivity contribution >= 4 is 5.69 Å². The molecule has 154 valence electrons. The van der Waals surface area contributed by atoms with E-state index in [1.165, 1.54) is 44.1 Å². The SMILES string of the molecule is CCCCCCCOc1cccc(NCc2ccccc2OCCCCC)c1. The fourth-order valence-corrected chi connectivity index (χ4v) is 3.11. The van der Waals surface area contributed by atoms with E-state index < -0.39 is 0 Å². The number of para-hydroxylation sites is 1. The molecule has 0 amide bonds. The number of nitrogens with one attached hydrogen (secondary N) is 1. The average molecular weight is 384 g/mol. The van der Waals surface area contributed by atoms with Gasteiger partial charge in [0.25, 0.3) is 0 Å². The highest BCUT2D eigenvalue weighted by atomic mass is 16.5. The molecule has 2 aromatic carbocycles. The minimum atomic E-state index is 0.740. The molecular weight excluding hydrogens is 346 g/mol. The molecule has 0 aromatic heterocycles. The van der Waals surface area contributed by atoms with E-state index >= 15 is 0 Å². The van der Waals surface area contributed by atoms with Crippen molar-refractivity contribution in [3.63, 3.8) is 0 Å². The molecule has 0 saturated carbocycles. The van der Waals surface area contributed by atoms with E-state index in [4.69, 9.17) is 9.47 Å². The van der Waals surface area contributed by atoms with Gasteiger partial charge in [-0.2, -0.15) is 0 Å². The van der Waals surface area contributed by atoms with Crippen LogP contribution < -0.4 is 14.8 Å². The highest BCUT2D eigenvalue weighted by Crippen LogP contribution is 2.22. The Morgan fingerprint density at radius 1 is 0.714 bits per heavy atom. The zero-order chi connectivity index (χ0) is 19.9. The summed E-state index contributed by atoms with van der Waals surface area (Å²) in [5, 5.41) is 3.50. The second kappa shape index (κ2) is 13.9. The molecule has 1 N–H and O–H groups in total. The first-order valence-corrected chi connectivity index (χ1v) is 11.0. The summed E-state index contributed by atoms with van der Waals surface area (Å²) in [6, 6.07) is 16.5. The molecule has 0 atom stereocenters. The summed E-state index contributed by atoms with van der Waals surface area (Å²) in [6.45, 7) is 6.77. The van der Waals surface area contributed by atoms with E-state index in [2.05, 4.69) is 49.5 Å². The van der Waals surface area contributed by atoms with Gasteiger partial charge in [0.2, 0.25) is 0 Å². The molecule has 0 unspecified atom stereocenters. The zero-order valence-corrected chi connectivity index (χ0v) is 17.7. The van der Waals surface area contributed by atoms with Gasteiger partial charge >= 0.3 is 0 Å². The molecule has 0 aliphatic heterocycles. The third kappa shape index (κ3) is 8.69. The topological polar surface area (TPSA) is 30.5 Å². The summed E-state index contributed by atoms with van der Waals surface area (Å²) in [5.74, 6) is 1.91. The fraction of sp³-hybridized carbons (Fsp3) is 0.520. The van der Waals surface area contributed by atoms with Crippen LogP contribution in [0.5, 0.6) is 11.5 Å². The van der Waals surface area contributed by atoms with Crippen LogP contribution in [-0.4, -0.2) is 13.2 Å². The van der Waals surface area contributed by atoms with Crippen LogP contribution in [0.25, 0.3) is 0 Å². The lowest BCUT2D eigenvalue weighted by molar-refractivity contribution is 0.303. The fourth-order valence-electron chi connectivity index (χ4n) is 3.11. The Morgan fingerprint density at radius 2 is 1.43 bits per heavy atom. The van der Waals surface area contributed by atoms with E-state index in [-0.39, 0.29) is 0 Å². The number of unbranched alkanes of at least 4 members (excludes halogenated alkanes) is 6. The zero-order valence-electron chi connectivity index (χ0n) is 17.7. The number of ether oxygens (including phenoxy) is 2. The van der Waals surface area contributed by atoms with Crippen LogP contribution >= 0.6 is 0 Å². The van der Waals surface area contributed by atoms with Crippen LogP contribution in [-0.2, 0) is 6.54 Å². The van der Waals surface area contributed by atoms with Crippen molar-refractivity contribution in [1.29, 1.82) is 0 Å². The third-order valence-corrected chi connectivity index (χ3v) is 4.81. The molecule has 0 aliphatic carbocycles. The normalized spacial score (nSPS) is 10.6. The van der Waals surface area contributed by atoms with Crippen LogP contribution in [0.1, 0.15) is 70.8 Å². The van der Waals surface area contributed by atoms with Gasteiger partial charge in [-0.25, -0.2) is 0 Å². The highest BCUT2D eigenvalue weighted by Gasteiger charge is 2.04. The number of hydrogen-bond donors (Lipinski definition) is 1. The molecule has 0 spiro atoms. The van der Waals surface area contributed by atoms with E-state index in [9.17, 15) is 0 Å². The van der Waals surface area contributed by atoms with Gasteiger partial charge in [0.05, 0.1) is 13.2 Å². The summed E-state index contributed by atoms with van der Waals surface area (Å²) < 4.78 is 11.9. The molecular formula is C25H37NO2. The highest BCUT2D eigenvalue weighted by molar-refractivity contribution is 5.49. The van der Waals surface area contributed by atoms with E-state index in [0.29, 0.717) is 0 Å². The molecule has 0 fully saturated rings. The Kier molecular flexibility index (Phi) is 11.0. The summed E-state index contributed by atoms with van der Waals surface area (Å²) in [6.07, 6.45) is 9.82. The second-order valence-corrected chi connectivity index (χ2v) is 7.31. The van der Waals surface area contributed by atoms with Crippen molar-refractivity contribution in [3.8, 4) is 11.5 Å². The summed E-state index contributed by atoms with van der Waals surface area (Å²) >= 11 is 0. The number of anilines is 1. The van der Waals surface area contributed by atoms with Crippen LogP contribution in [0.3, 0.4) is 0 Å². The lowest BCUT2D eigenvalue weighted by Gasteiger charge is -2.13. The third-order valence-electron chi connectivity index (χ3n) is 4.81. The van der Waals surface area contributed by atoms with Gasteiger partial charge in [-0.05, 0) is 31.0 Å². The van der Waals surface area contributed by atoms with Crippen molar-refractivity contribution in [3.05, 3.63) is 54.1 Å². The Morgan fingerprint density at radius 3 is 2.29 bits per heavy atom. The first-order valence-electron chi connectivity index (χ1n) is 11.0. The lowest BCUT2D eigenvalue weighted by atomic mass is 10.2. The van der Waals surface area contributed by atoms with E-state index in [1.54, 1.807) is 0 Å². The van der Waals surface area contributed by atoms with Gasteiger partial charge in [-0.3, -0.25) is 0 Å². The van der Waals surface area contributed by atoms with Crippen LogP contribution in [0, 0.1) is 0 Å². The van der Waals surface area contributed by atoms with Gasteiger partial charge in [0.1, 0.15) is 11.5 Å². The predicted octanol–water partition coefficient (Wildman–Crippen LogP) is 7.22. The molecule has 0 heterocycles. The standard InChI is InChI=1S/C25H37NO2/c1-3-5-7-8-12-18-27-24-16-13-15-23(20-24)26-21-22-14-9-10-17-25(22)28-19-11-6-4-2/h9-10,13-17,20,26H,3-8,11-12,18-19,21H2,1-2H3. The van der Waals surface area contributed by atoms with Crippen molar-refractivity contribution in [2.75, 3.05) is 18.5 Å². The quantitative estimate of drug-likeness (QED) is 0.329. The van der Waals surface area contributed by atoms with Gasteiger partial charge in [-0.15, -0.1) is 0 Å². The van der Waals surface area contributed by atoms with E-state index in [1.807, 2.05) is 18.2 Å². The van der Waals surface area contributed by atoms with Gasteiger partial charge in [0, 0.05) is 23.9 Å². The first kappa shape index (κ1) is 22.1. The Hall–Kier alpha value is -2.16. The van der Waals surface area contributed by atoms with Gasteiger partial charge in [0.15, 0.2) is 0 Å². The smallest absolute Gasteiger partial charge is 0.124 e. The van der Waals surface area contributed by atoms with Crippen molar-refractivity contribution < 1.29 is 9.47 Å². The maximum absolute atomic E-state index is 5.98. The molecule has 0 saturated heterocycles. The molecule has 3 heteroatoms. The molecule has 2 rings (SSSR count). The van der Waals surface area contributed by atoms with Crippen molar-refractivity contribution in [2.24, 2.45) is 0 Å². The largest absolute Gasteiger partial charge is 0.494 e. The molecule has 28 heavy (non-hydrogen) atoms. The number of benzene rings is 2. The summed E-state index contributed by atoms with van der Waals surface area (Å²) in [7, 11) is 0. The minimum absolute atomic E-state index is 0.740. The summed E-state index contributed by atoms with van der Waals surface area (Å²) in [5.41, 5.74) is 2.26. The summed E-state index contributed by atoms with van der Waals surface area (Å²) in [4.78, 5) is 0.